The molecule has 4 rings (SSSR count). The van der Waals surface area contributed by atoms with Crippen LogP contribution in [0.15, 0.2) is 12.1 Å². The zero-order valence-corrected chi connectivity index (χ0v) is 25.5. The van der Waals surface area contributed by atoms with Crippen molar-refractivity contribution in [2.24, 2.45) is 0 Å². The van der Waals surface area contributed by atoms with Crippen molar-refractivity contribution >= 4 is 61.2 Å². The van der Waals surface area contributed by atoms with E-state index < -0.39 is 66.5 Å². The van der Waals surface area contributed by atoms with E-state index in [4.69, 9.17) is 0 Å². The zero-order chi connectivity index (χ0) is 31.1. The lowest BCUT2D eigenvalue weighted by atomic mass is 10.1. The Kier molecular flexibility index (Phi) is 8.34. The number of hydrogen-bond acceptors (Lipinski definition) is 10. The van der Waals surface area contributed by atoms with E-state index in [0.717, 1.165) is 29.1 Å². The molecule has 18 heteroatoms. The molecule has 3 aliphatic rings. The summed E-state index contributed by atoms with van der Waals surface area (Å²) in [6.07, 6.45) is 2.81. The van der Waals surface area contributed by atoms with Crippen molar-refractivity contribution in [1.29, 1.82) is 0 Å². The van der Waals surface area contributed by atoms with E-state index in [0.29, 0.717) is 18.8 Å². The maximum Gasteiger partial charge on any atom is 0.325 e. The number of sulfonamides is 2. The summed E-state index contributed by atoms with van der Waals surface area (Å²) in [5.74, 6) is -2.74. The molecular formula is C24H36N8O8S2. The van der Waals surface area contributed by atoms with Crippen LogP contribution in [-0.2, 0) is 29.6 Å². The largest absolute Gasteiger partial charge is 0.371 e. The molecule has 0 saturated carbocycles. The molecule has 16 nitrogen and oxygen atoms in total. The molecule has 0 radical (unpaired) electrons. The van der Waals surface area contributed by atoms with Gasteiger partial charge < -0.3 is 15.5 Å². The third-order valence-electron chi connectivity index (χ3n) is 7.04. The topological polar surface area (TPSA) is 207 Å². The van der Waals surface area contributed by atoms with E-state index in [1.54, 1.807) is 0 Å². The van der Waals surface area contributed by atoms with Gasteiger partial charge in [-0.2, -0.15) is 0 Å². The summed E-state index contributed by atoms with van der Waals surface area (Å²) >= 11 is 0. The van der Waals surface area contributed by atoms with Gasteiger partial charge in [0.1, 0.15) is 11.6 Å². The third-order valence-corrected chi connectivity index (χ3v) is 10.2. The third kappa shape index (κ3) is 7.03. The second-order valence-corrected chi connectivity index (χ2v) is 15.2. The Bertz CT molecular complexity index is 1370. The molecule has 42 heavy (non-hydrogen) atoms. The fourth-order valence-electron chi connectivity index (χ4n) is 5.48. The lowest BCUT2D eigenvalue weighted by Gasteiger charge is -2.33. The quantitative estimate of drug-likeness (QED) is 0.245. The number of urea groups is 2. The molecule has 4 N–H and O–H groups in total. The van der Waals surface area contributed by atoms with Gasteiger partial charge in [0.2, 0.25) is 20.0 Å². The number of hydrogen-bond donors (Lipinski definition) is 4. The molecule has 3 aliphatic heterocycles. The molecule has 0 aliphatic carbocycles. The predicted octanol–water partition coefficient (Wildman–Crippen LogP) is 0.216. The molecule has 0 atom stereocenters. The fourth-order valence-corrected chi connectivity index (χ4v) is 8.58. The van der Waals surface area contributed by atoms with Crippen LogP contribution in [0.1, 0.15) is 47.0 Å². The second kappa shape index (κ2) is 11.2. The number of imide groups is 2. The average molecular weight is 629 g/mol. The Hall–Kier alpha value is -3.67. The molecule has 4 heterocycles. The van der Waals surface area contributed by atoms with Gasteiger partial charge in [-0.15, -0.1) is 0 Å². The van der Waals surface area contributed by atoms with Crippen LogP contribution in [0.25, 0.3) is 0 Å². The highest BCUT2D eigenvalue weighted by Crippen LogP contribution is 2.29. The van der Waals surface area contributed by atoms with Crippen LogP contribution >= 0.6 is 0 Å². The monoisotopic (exact) mass is 628 g/mol. The standard InChI is InChI=1S/C24H36N8O8S2/c1-23(2,31-19(33)12-25-21(31)35)14-41(37,38)28-17-10-16(30-8-6-5-7-9-30)11-18(27-17)29-42(39,40)15-24(3,4)32-20(34)13-26-22(32)36/h10-11H,5-9,12-15H2,1-4H3,(H,25,35)(H,26,36)(H2,27,28,29). The van der Waals surface area contributed by atoms with Gasteiger partial charge in [0.25, 0.3) is 11.8 Å². The van der Waals surface area contributed by atoms with Crippen molar-refractivity contribution in [1.82, 2.24) is 25.4 Å². The first-order valence-corrected chi connectivity index (χ1v) is 16.7. The van der Waals surface area contributed by atoms with Crippen molar-refractivity contribution in [3.8, 4) is 0 Å². The van der Waals surface area contributed by atoms with Gasteiger partial charge in [-0.25, -0.2) is 31.4 Å². The number of anilines is 3. The molecule has 0 aromatic carbocycles. The summed E-state index contributed by atoms with van der Waals surface area (Å²) in [6, 6.07) is 1.58. The highest BCUT2D eigenvalue weighted by Gasteiger charge is 2.44. The van der Waals surface area contributed by atoms with E-state index >= 15 is 0 Å². The number of aromatic nitrogens is 1. The molecule has 0 bridgehead atoms. The number of pyridine rings is 1. The summed E-state index contributed by atoms with van der Waals surface area (Å²) < 4.78 is 57.6. The first-order valence-electron chi connectivity index (χ1n) is 13.4. The maximum absolute atomic E-state index is 13.2. The number of rotatable bonds is 11. The Morgan fingerprint density at radius 3 is 1.50 bits per heavy atom. The Morgan fingerprint density at radius 2 is 1.14 bits per heavy atom. The Balaban J connectivity index is 1.60. The van der Waals surface area contributed by atoms with Gasteiger partial charge in [-0.05, 0) is 47.0 Å². The normalized spacial score (nSPS) is 18.8. The van der Waals surface area contributed by atoms with E-state index in [9.17, 15) is 36.0 Å². The molecular weight excluding hydrogens is 592 g/mol. The Labute approximate surface area is 244 Å². The van der Waals surface area contributed by atoms with Crippen LogP contribution in [0, 0.1) is 0 Å². The molecule has 1 aromatic rings. The van der Waals surface area contributed by atoms with Crippen LogP contribution < -0.4 is 25.0 Å². The molecule has 0 spiro atoms. The number of amides is 6. The number of carbonyl (C=O) groups is 4. The lowest BCUT2D eigenvalue weighted by molar-refractivity contribution is -0.129. The van der Waals surface area contributed by atoms with Crippen LogP contribution in [0.2, 0.25) is 0 Å². The SMILES string of the molecule is CC(C)(CS(=O)(=O)Nc1cc(N2CCCCC2)cc(NS(=O)(=O)CC(C)(C)N2C(=O)CNC2=O)n1)N1C(=O)CNC1=O. The fraction of sp³-hybridized carbons (Fsp3) is 0.625. The first-order chi connectivity index (χ1) is 19.4. The average Bonchev–Trinajstić information content (AvgIpc) is 3.37. The van der Waals surface area contributed by atoms with Gasteiger partial charge in [-0.1, -0.05) is 0 Å². The molecule has 3 saturated heterocycles. The van der Waals surface area contributed by atoms with Crippen LogP contribution in [0.5, 0.6) is 0 Å². The van der Waals surface area contributed by atoms with Crippen molar-refractivity contribution in [3.05, 3.63) is 12.1 Å². The van der Waals surface area contributed by atoms with Crippen LogP contribution in [-0.4, -0.2) is 104 Å². The first kappa shape index (κ1) is 31.3. The van der Waals surface area contributed by atoms with E-state index in [2.05, 4.69) is 25.1 Å². The highest BCUT2D eigenvalue weighted by atomic mass is 32.2. The maximum atomic E-state index is 13.2. The number of carbonyl (C=O) groups excluding carboxylic acids is 4. The summed E-state index contributed by atoms with van der Waals surface area (Å²) in [7, 11) is -8.41. The predicted molar refractivity (Wildman–Crippen MR) is 154 cm³/mol. The number of nitrogens with one attached hydrogen (secondary N) is 4. The molecule has 1 aromatic heterocycles. The van der Waals surface area contributed by atoms with Crippen LogP contribution in [0.4, 0.5) is 26.9 Å². The van der Waals surface area contributed by atoms with Crippen LogP contribution in [0.3, 0.4) is 0 Å². The summed E-state index contributed by atoms with van der Waals surface area (Å²) in [5, 5.41) is 4.74. The minimum absolute atomic E-state index is 0.169. The highest BCUT2D eigenvalue weighted by molar-refractivity contribution is 7.93. The van der Waals surface area contributed by atoms with Gasteiger partial charge in [0, 0.05) is 30.9 Å². The minimum Gasteiger partial charge on any atom is -0.371 e. The molecule has 3 fully saturated rings. The zero-order valence-electron chi connectivity index (χ0n) is 23.9. The van der Waals surface area contributed by atoms with Gasteiger partial charge in [0.05, 0.1) is 35.7 Å². The van der Waals surface area contributed by atoms with Crippen molar-refractivity contribution < 1.29 is 36.0 Å². The van der Waals surface area contributed by atoms with Crippen molar-refractivity contribution in [3.63, 3.8) is 0 Å². The molecule has 6 amide bonds. The molecule has 232 valence electrons. The lowest BCUT2D eigenvalue weighted by Crippen LogP contribution is -2.52. The molecule has 0 unspecified atom stereocenters. The summed E-state index contributed by atoms with van der Waals surface area (Å²) in [6.45, 7) is 6.65. The van der Waals surface area contributed by atoms with E-state index in [1.165, 1.54) is 39.8 Å². The number of nitrogens with zero attached hydrogens (tertiary/aromatic N) is 4. The van der Waals surface area contributed by atoms with Crippen molar-refractivity contribution in [2.75, 3.05) is 52.0 Å². The summed E-state index contributed by atoms with van der Waals surface area (Å²) in [5.41, 5.74) is -2.27. The van der Waals surface area contributed by atoms with Gasteiger partial charge >= 0.3 is 12.1 Å². The minimum atomic E-state index is -4.21. The summed E-state index contributed by atoms with van der Waals surface area (Å²) in [4.78, 5) is 56.6. The number of piperidine rings is 1. The van der Waals surface area contributed by atoms with Crippen molar-refractivity contribution in [2.45, 2.75) is 58.0 Å². The second-order valence-electron chi connectivity index (χ2n) is 11.8. The smallest absolute Gasteiger partial charge is 0.325 e. The Morgan fingerprint density at radius 1 is 0.738 bits per heavy atom. The van der Waals surface area contributed by atoms with E-state index in [-0.39, 0.29) is 24.7 Å². The van der Waals surface area contributed by atoms with Gasteiger partial charge in [-0.3, -0.25) is 28.8 Å². The van der Waals surface area contributed by atoms with E-state index in [1.807, 2.05) is 4.90 Å². The van der Waals surface area contributed by atoms with Gasteiger partial charge in [0.15, 0.2) is 0 Å².